The molecule has 3 aromatic carbocycles. The molecule has 1 fully saturated rings. The van der Waals surface area contributed by atoms with E-state index < -0.39 is 12.0 Å². The van der Waals surface area contributed by atoms with Crippen molar-refractivity contribution in [3.63, 3.8) is 0 Å². The lowest BCUT2D eigenvalue weighted by Crippen LogP contribution is -2.49. The van der Waals surface area contributed by atoms with Crippen LogP contribution in [-0.4, -0.2) is 32.1 Å². The number of carbonyl (C=O) groups excluding carboxylic acids is 2. The number of fused-ring (bicyclic) bond motifs is 1. The molecule has 1 aliphatic heterocycles. The van der Waals surface area contributed by atoms with E-state index in [4.69, 9.17) is 9.47 Å². The Hall–Kier alpha value is -3.80. The van der Waals surface area contributed by atoms with Crippen LogP contribution in [0.1, 0.15) is 65.5 Å². The Labute approximate surface area is 212 Å². The van der Waals surface area contributed by atoms with Gasteiger partial charge in [0.2, 0.25) is 5.91 Å². The molecule has 0 unspecified atom stereocenters. The second kappa shape index (κ2) is 10.4. The minimum Gasteiger partial charge on any atom is -0.497 e. The third-order valence-corrected chi connectivity index (χ3v) is 7.38. The van der Waals surface area contributed by atoms with Gasteiger partial charge in [-0.3, -0.25) is 14.5 Å². The van der Waals surface area contributed by atoms with Crippen LogP contribution in [-0.2, 0) is 4.79 Å². The minimum atomic E-state index is -0.559. The van der Waals surface area contributed by atoms with Crippen LogP contribution in [0.25, 0.3) is 0 Å². The summed E-state index contributed by atoms with van der Waals surface area (Å²) in [4.78, 5) is 29.8. The SMILES string of the molecule is COc1ccc([C@H]2[C@@H](C(=O)NC3CCCCC3)c3ccccc3C(=O)N2c2ccc(OC)cc2)cc1. The maximum Gasteiger partial charge on any atom is 0.259 e. The zero-order valence-corrected chi connectivity index (χ0v) is 20.8. The Morgan fingerprint density at radius 1 is 0.833 bits per heavy atom. The quantitative estimate of drug-likeness (QED) is 0.492. The molecule has 0 bridgehead atoms. The van der Waals surface area contributed by atoms with Gasteiger partial charge in [0.25, 0.3) is 5.91 Å². The molecule has 5 rings (SSSR count). The number of nitrogens with zero attached hydrogens (tertiary/aromatic N) is 1. The summed E-state index contributed by atoms with van der Waals surface area (Å²) in [6, 6.07) is 22.2. The summed E-state index contributed by atoms with van der Waals surface area (Å²) >= 11 is 0. The van der Waals surface area contributed by atoms with Gasteiger partial charge in [-0.15, -0.1) is 0 Å². The first-order valence-electron chi connectivity index (χ1n) is 12.6. The first kappa shape index (κ1) is 23.9. The fourth-order valence-corrected chi connectivity index (χ4v) is 5.52. The van der Waals surface area contributed by atoms with E-state index in [1.165, 1.54) is 6.42 Å². The van der Waals surface area contributed by atoms with Crippen molar-refractivity contribution < 1.29 is 19.1 Å². The van der Waals surface area contributed by atoms with Gasteiger partial charge in [0.15, 0.2) is 0 Å². The van der Waals surface area contributed by atoms with Crippen molar-refractivity contribution >= 4 is 17.5 Å². The maximum absolute atomic E-state index is 14.0. The molecule has 2 atom stereocenters. The Kier molecular flexibility index (Phi) is 6.94. The number of amides is 2. The average molecular weight is 485 g/mol. The molecule has 3 aromatic rings. The molecule has 2 amide bonds. The highest BCUT2D eigenvalue weighted by Gasteiger charge is 2.45. The van der Waals surface area contributed by atoms with E-state index in [1.807, 2.05) is 72.8 Å². The van der Waals surface area contributed by atoms with Gasteiger partial charge >= 0.3 is 0 Å². The summed E-state index contributed by atoms with van der Waals surface area (Å²) in [5.74, 6) is 0.701. The lowest BCUT2D eigenvalue weighted by Gasteiger charge is -2.42. The number of benzene rings is 3. The first-order valence-corrected chi connectivity index (χ1v) is 12.6. The van der Waals surface area contributed by atoms with Crippen molar-refractivity contribution in [2.24, 2.45) is 0 Å². The molecule has 36 heavy (non-hydrogen) atoms. The molecule has 0 saturated heterocycles. The van der Waals surface area contributed by atoms with E-state index in [9.17, 15) is 9.59 Å². The molecule has 6 heteroatoms. The van der Waals surface area contributed by atoms with Crippen LogP contribution < -0.4 is 19.7 Å². The highest BCUT2D eigenvalue weighted by atomic mass is 16.5. The summed E-state index contributed by atoms with van der Waals surface area (Å²) < 4.78 is 10.7. The molecule has 0 spiro atoms. The Balaban J connectivity index is 1.64. The first-order chi connectivity index (χ1) is 17.6. The zero-order chi connectivity index (χ0) is 25.1. The number of hydrogen-bond acceptors (Lipinski definition) is 4. The molecule has 0 radical (unpaired) electrons. The van der Waals surface area contributed by atoms with Crippen LogP contribution >= 0.6 is 0 Å². The molecule has 1 aliphatic carbocycles. The van der Waals surface area contributed by atoms with E-state index in [1.54, 1.807) is 19.1 Å². The molecule has 6 nitrogen and oxygen atoms in total. The van der Waals surface area contributed by atoms with Crippen LogP contribution in [0.15, 0.2) is 72.8 Å². The van der Waals surface area contributed by atoms with Crippen molar-refractivity contribution in [1.82, 2.24) is 5.32 Å². The number of rotatable bonds is 6. The normalized spacial score (nSPS) is 19.9. The number of hydrogen-bond donors (Lipinski definition) is 1. The number of methoxy groups -OCH3 is 2. The van der Waals surface area contributed by atoms with Crippen molar-refractivity contribution in [3.8, 4) is 11.5 Å². The van der Waals surface area contributed by atoms with Crippen LogP contribution in [0.2, 0.25) is 0 Å². The van der Waals surface area contributed by atoms with Crippen molar-refractivity contribution in [2.75, 3.05) is 19.1 Å². The van der Waals surface area contributed by atoms with E-state index >= 15 is 0 Å². The molecular formula is C30H32N2O4. The average Bonchev–Trinajstić information content (AvgIpc) is 2.93. The van der Waals surface area contributed by atoms with E-state index in [2.05, 4.69) is 5.32 Å². The summed E-state index contributed by atoms with van der Waals surface area (Å²) in [5, 5.41) is 3.34. The molecule has 1 N–H and O–H groups in total. The largest absolute Gasteiger partial charge is 0.497 e. The second-order valence-corrected chi connectivity index (χ2v) is 9.50. The van der Waals surface area contributed by atoms with Gasteiger partial charge in [0, 0.05) is 17.3 Å². The number of nitrogens with one attached hydrogen (secondary N) is 1. The third-order valence-electron chi connectivity index (χ3n) is 7.38. The molecule has 1 heterocycles. The fraction of sp³-hybridized carbons (Fsp3) is 0.333. The summed E-state index contributed by atoms with van der Waals surface area (Å²) in [7, 11) is 3.24. The predicted octanol–water partition coefficient (Wildman–Crippen LogP) is 5.64. The van der Waals surface area contributed by atoms with Gasteiger partial charge in [-0.2, -0.15) is 0 Å². The molecule has 186 valence electrons. The monoisotopic (exact) mass is 484 g/mol. The van der Waals surface area contributed by atoms with Crippen LogP contribution in [0.5, 0.6) is 11.5 Å². The van der Waals surface area contributed by atoms with Crippen molar-refractivity contribution in [1.29, 1.82) is 0 Å². The topological polar surface area (TPSA) is 67.9 Å². The third kappa shape index (κ3) is 4.55. The van der Waals surface area contributed by atoms with E-state index in [0.717, 1.165) is 42.6 Å². The van der Waals surface area contributed by atoms with Gasteiger partial charge in [-0.25, -0.2) is 0 Å². The predicted molar refractivity (Wildman–Crippen MR) is 140 cm³/mol. The Bertz CT molecular complexity index is 1220. The molecule has 2 aliphatic rings. The van der Waals surface area contributed by atoms with Crippen LogP contribution in [0.4, 0.5) is 5.69 Å². The van der Waals surface area contributed by atoms with Gasteiger partial charge < -0.3 is 14.8 Å². The minimum absolute atomic E-state index is 0.0406. The lowest BCUT2D eigenvalue weighted by atomic mass is 9.78. The molecule has 0 aromatic heterocycles. The van der Waals surface area contributed by atoms with Gasteiger partial charge in [-0.05, 0) is 66.4 Å². The zero-order valence-electron chi connectivity index (χ0n) is 20.8. The van der Waals surface area contributed by atoms with E-state index in [0.29, 0.717) is 17.0 Å². The highest BCUT2D eigenvalue weighted by molar-refractivity contribution is 6.11. The highest BCUT2D eigenvalue weighted by Crippen LogP contribution is 2.45. The molecular weight excluding hydrogens is 452 g/mol. The smallest absolute Gasteiger partial charge is 0.259 e. The van der Waals surface area contributed by atoms with Crippen LogP contribution in [0, 0.1) is 0 Å². The standard InChI is InChI=1S/C30H32N2O4/c1-35-23-16-12-20(13-17-23)28-27(29(33)31-21-8-4-3-5-9-21)25-10-6-7-11-26(25)30(34)32(28)22-14-18-24(36-2)19-15-22/h6-7,10-19,21,27-28H,3-5,8-9H2,1-2H3,(H,31,33)/t27-,28-/m0/s1. The summed E-state index contributed by atoms with van der Waals surface area (Å²) in [5.41, 5.74) is 2.91. The van der Waals surface area contributed by atoms with Crippen LogP contribution in [0.3, 0.4) is 0 Å². The summed E-state index contributed by atoms with van der Waals surface area (Å²) in [6.45, 7) is 0. The fourth-order valence-electron chi connectivity index (χ4n) is 5.52. The van der Waals surface area contributed by atoms with Crippen molar-refractivity contribution in [3.05, 3.63) is 89.5 Å². The Morgan fingerprint density at radius 2 is 1.44 bits per heavy atom. The number of carbonyl (C=O) groups is 2. The lowest BCUT2D eigenvalue weighted by molar-refractivity contribution is -0.124. The second-order valence-electron chi connectivity index (χ2n) is 9.50. The number of anilines is 1. The maximum atomic E-state index is 14.0. The van der Waals surface area contributed by atoms with Gasteiger partial charge in [0.1, 0.15) is 11.5 Å². The van der Waals surface area contributed by atoms with Gasteiger partial charge in [-0.1, -0.05) is 49.6 Å². The molecule has 1 saturated carbocycles. The van der Waals surface area contributed by atoms with Gasteiger partial charge in [0.05, 0.1) is 26.2 Å². The Morgan fingerprint density at radius 3 is 2.08 bits per heavy atom. The number of ether oxygens (including phenoxy) is 2. The summed E-state index contributed by atoms with van der Waals surface area (Å²) in [6.07, 6.45) is 5.46. The van der Waals surface area contributed by atoms with Crippen molar-refractivity contribution in [2.45, 2.75) is 50.1 Å². The van der Waals surface area contributed by atoms with E-state index in [-0.39, 0.29) is 17.9 Å².